The van der Waals surface area contributed by atoms with Crippen molar-refractivity contribution in [3.8, 4) is 0 Å². The molecule has 1 atom stereocenters. The first-order chi connectivity index (χ1) is 7.06. The number of likely N-dealkylation sites (tertiary alicyclic amines) is 1. The molecule has 1 fully saturated rings. The minimum atomic E-state index is 0.160. The van der Waals surface area contributed by atoms with Crippen LogP contribution in [0.1, 0.15) is 26.2 Å². The Morgan fingerprint density at radius 2 is 2.00 bits per heavy atom. The van der Waals surface area contributed by atoms with Crippen LogP contribution in [0.15, 0.2) is 0 Å². The zero-order valence-corrected chi connectivity index (χ0v) is 10.2. The van der Waals surface area contributed by atoms with Crippen LogP contribution in [0, 0.1) is 5.41 Å². The standard InChI is InChI=1S/C11H24N4/c1-4-10(11(12)13)15-7-5-9(6-8-15)14(2)3/h9-10H,4-8H2,1-3H3,(H3,12,13). The van der Waals surface area contributed by atoms with Gasteiger partial charge in [0.1, 0.15) is 5.84 Å². The van der Waals surface area contributed by atoms with Crippen molar-refractivity contribution in [1.82, 2.24) is 9.80 Å². The highest BCUT2D eigenvalue weighted by molar-refractivity contribution is 5.82. The highest BCUT2D eigenvalue weighted by Crippen LogP contribution is 2.17. The van der Waals surface area contributed by atoms with Crippen molar-refractivity contribution in [3.63, 3.8) is 0 Å². The average Bonchev–Trinajstić information content (AvgIpc) is 2.19. The molecule has 3 N–H and O–H groups in total. The number of hydrogen-bond acceptors (Lipinski definition) is 3. The van der Waals surface area contributed by atoms with Gasteiger partial charge in [0.2, 0.25) is 0 Å². The van der Waals surface area contributed by atoms with Crippen LogP contribution in [-0.4, -0.2) is 54.9 Å². The summed E-state index contributed by atoms with van der Waals surface area (Å²) in [6, 6.07) is 0.860. The van der Waals surface area contributed by atoms with Crippen LogP contribution in [0.25, 0.3) is 0 Å². The maximum atomic E-state index is 7.55. The number of amidine groups is 1. The van der Waals surface area contributed by atoms with Gasteiger partial charge in [-0.1, -0.05) is 6.92 Å². The van der Waals surface area contributed by atoms with Crippen molar-refractivity contribution in [1.29, 1.82) is 5.41 Å². The number of nitrogens with one attached hydrogen (secondary N) is 1. The Balaban J connectivity index is 2.45. The van der Waals surface area contributed by atoms with Crippen LogP contribution in [0.5, 0.6) is 0 Å². The second-order valence-electron chi connectivity index (χ2n) is 4.61. The highest BCUT2D eigenvalue weighted by atomic mass is 15.2. The fourth-order valence-electron chi connectivity index (χ4n) is 2.39. The molecule has 0 bridgehead atoms. The number of nitrogens with two attached hydrogens (primary N) is 1. The van der Waals surface area contributed by atoms with Crippen LogP contribution in [-0.2, 0) is 0 Å². The summed E-state index contributed by atoms with van der Waals surface area (Å²) in [4.78, 5) is 4.65. The van der Waals surface area contributed by atoms with Gasteiger partial charge in [0.25, 0.3) is 0 Å². The van der Waals surface area contributed by atoms with Crippen LogP contribution in [0.4, 0.5) is 0 Å². The predicted molar refractivity (Wildman–Crippen MR) is 64.3 cm³/mol. The fraction of sp³-hybridized carbons (Fsp3) is 0.909. The van der Waals surface area contributed by atoms with E-state index in [-0.39, 0.29) is 6.04 Å². The van der Waals surface area contributed by atoms with E-state index in [2.05, 4.69) is 30.8 Å². The molecule has 0 aromatic rings. The van der Waals surface area contributed by atoms with Crippen LogP contribution < -0.4 is 5.73 Å². The third-order valence-corrected chi connectivity index (χ3v) is 3.42. The van der Waals surface area contributed by atoms with Crippen molar-refractivity contribution in [3.05, 3.63) is 0 Å². The summed E-state index contributed by atoms with van der Waals surface area (Å²) >= 11 is 0. The molecule has 4 nitrogen and oxygen atoms in total. The lowest BCUT2D eigenvalue weighted by Gasteiger charge is -2.38. The molecular formula is C11H24N4. The van der Waals surface area contributed by atoms with Gasteiger partial charge in [-0.25, -0.2) is 0 Å². The van der Waals surface area contributed by atoms with Crippen LogP contribution in [0.3, 0.4) is 0 Å². The highest BCUT2D eigenvalue weighted by Gasteiger charge is 2.26. The summed E-state index contributed by atoms with van der Waals surface area (Å²) in [6.45, 7) is 4.24. The molecule has 0 radical (unpaired) electrons. The van der Waals surface area contributed by atoms with E-state index in [0.29, 0.717) is 11.9 Å². The Kier molecular flexibility index (Phi) is 4.54. The molecule has 88 valence electrons. The van der Waals surface area contributed by atoms with E-state index >= 15 is 0 Å². The Morgan fingerprint density at radius 1 is 1.47 bits per heavy atom. The van der Waals surface area contributed by atoms with E-state index in [4.69, 9.17) is 11.1 Å². The topological polar surface area (TPSA) is 56.4 Å². The van der Waals surface area contributed by atoms with Gasteiger partial charge in [-0.05, 0) is 33.4 Å². The van der Waals surface area contributed by atoms with Gasteiger partial charge >= 0.3 is 0 Å². The van der Waals surface area contributed by atoms with Crippen molar-refractivity contribution in [2.75, 3.05) is 27.2 Å². The zero-order chi connectivity index (χ0) is 11.4. The van der Waals surface area contributed by atoms with Gasteiger partial charge in [0.05, 0.1) is 6.04 Å². The Bertz CT molecular complexity index is 207. The number of piperidine rings is 1. The lowest BCUT2D eigenvalue weighted by molar-refractivity contribution is 0.128. The summed E-state index contributed by atoms with van der Waals surface area (Å²) in [6.07, 6.45) is 3.33. The monoisotopic (exact) mass is 212 g/mol. The first kappa shape index (κ1) is 12.5. The maximum Gasteiger partial charge on any atom is 0.108 e. The summed E-state index contributed by atoms with van der Waals surface area (Å²) in [5.41, 5.74) is 5.60. The molecule has 0 aliphatic carbocycles. The molecule has 1 heterocycles. The quantitative estimate of drug-likeness (QED) is 0.533. The van der Waals surface area contributed by atoms with E-state index in [1.54, 1.807) is 0 Å². The fourth-order valence-corrected chi connectivity index (χ4v) is 2.39. The number of nitrogens with zero attached hydrogens (tertiary/aromatic N) is 2. The summed E-state index contributed by atoms with van der Waals surface area (Å²) in [5.74, 6) is 0.320. The van der Waals surface area contributed by atoms with Gasteiger partial charge < -0.3 is 10.6 Å². The normalized spacial score (nSPS) is 21.9. The Labute approximate surface area is 92.9 Å². The molecule has 1 rings (SSSR count). The minimum Gasteiger partial charge on any atom is -0.386 e. The predicted octanol–water partition coefficient (Wildman–Crippen LogP) is 0.727. The van der Waals surface area contributed by atoms with Crippen LogP contribution in [0.2, 0.25) is 0 Å². The Hall–Kier alpha value is -0.610. The molecule has 1 aliphatic heterocycles. The van der Waals surface area contributed by atoms with E-state index in [1.807, 2.05) is 0 Å². The lowest BCUT2D eigenvalue weighted by atomic mass is 10.0. The molecule has 4 heteroatoms. The average molecular weight is 212 g/mol. The summed E-state index contributed by atoms with van der Waals surface area (Å²) in [5, 5.41) is 7.55. The van der Waals surface area contributed by atoms with Gasteiger partial charge in [0.15, 0.2) is 0 Å². The van der Waals surface area contributed by atoms with Crippen molar-refractivity contribution >= 4 is 5.84 Å². The zero-order valence-electron chi connectivity index (χ0n) is 10.2. The molecule has 0 amide bonds. The molecule has 1 unspecified atom stereocenters. The molecule has 0 spiro atoms. The summed E-state index contributed by atoms with van der Waals surface area (Å²) in [7, 11) is 4.28. The second kappa shape index (κ2) is 5.47. The van der Waals surface area contributed by atoms with E-state index in [9.17, 15) is 0 Å². The van der Waals surface area contributed by atoms with Crippen molar-refractivity contribution in [2.24, 2.45) is 5.73 Å². The molecule has 0 saturated carbocycles. The van der Waals surface area contributed by atoms with Crippen molar-refractivity contribution < 1.29 is 0 Å². The SMILES string of the molecule is CCC(C(=N)N)N1CCC(N(C)C)CC1. The minimum absolute atomic E-state index is 0.160. The van der Waals surface area contributed by atoms with Gasteiger partial charge in [-0.2, -0.15) is 0 Å². The second-order valence-corrected chi connectivity index (χ2v) is 4.61. The van der Waals surface area contributed by atoms with Gasteiger partial charge in [-0.15, -0.1) is 0 Å². The van der Waals surface area contributed by atoms with Gasteiger partial charge in [0, 0.05) is 19.1 Å². The summed E-state index contributed by atoms with van der Waals surface area (Å²) < 4.78 is 0. The first-order valence-corrected chi connectivity index (χ1v) is 5.80. The number of hydrogen-bond donors (Lipinski definition) is 2. The smallest absolute Gasteiger partial charge is 0.108 e. The lowest BCUT2D eigenvalue weighted by Crippen LogP contribution is -2.50. The molecule has 0 aromatic heterocycles. The van der Waals surface area contributed by atoms with E-state index in [0.717, 1.165) is 19.5 Å². The molecular weight excluding hydrogens is 188 g/mol. The van der Waals surface area contributed by atoms with E-state index < -0.39 is 0 Å². The van der Waals surface area contributed by atoms with Gasteiger partial charge in [-0.3, -0.25) is 10.3 Å². The number of rotatable bonds is 4. The third-order valence-electron chi connectivity index (χ3n) is 3.42. The van der Waals surface area contributed by atoms with Crippen LogP contribution >= 0.6 is 0 Å². The first-order valence-electron chi connectivity index (χ1n) is 5.80. The molecule has 15 heavy (non-hydrogen) atoms. The maximum absolute atomic E-state index is 7.55. The largest absolute Gasteiger partial charge is 0.386 e. The molecule has 0 aromatic carbocycles. The Morgan fingerprint density at radius 3 is 2.33 bits per heavy atom. The molecule has 1 aliphatic rings. The third kappa shape index (κ3) is 3.18. The van der Waals surface area contributed by atoms with E-state index in [1.165, 1.54) is 12.8 Å². The molecule has 1 saturated heterocycles. The van der Waals surface area contributed by atoms with Crippen molar-refractivity contribution in [2.45, 2.75) is 38.3 Å².